The summed E-state index contributed by atoms with van der Waals surface area (Å²) in [5, 5.41) is 16.2. The van der Waals surface area contributed by atoms with E-state index in [1.807, 2.05) is 0 Å². The van der Waals surface area contributed by atoms with E-state index in [0.29, 0.717) is 11.3 Å². The highest BCUT2D eigenvalue weighted by atomic mass is 19.3. The molecule has 1 aromatic heterocycles. The van der Waals surface area contributed by atoms with Gasteiger partial charge in [0.05, 0.1) is 6.54 Å². The summed E-state index contributed by atoms with van der Waals surface area (Å²) in [4.78, 5) is 12.7. The second-order valence-corrected chi connectivity index (χ2v) is 5.15. The maximum absolute atomic E-state index is 12.5. The first-order valence-electron chi connectivity index (χ1n) is 7.31. The summed E-state index contributed by atoms with van der Waals surface area (Å²) < 4.78 is 29.8. The van der Waals surface area contributed by atoms with Crippen molar-refractivity contribution in [1.82, 2.24) is 10.2 Å². The Morgan fingerprint density at radius 3 is 2.32 bits per heavy atom. The van der Waals surface area contributed by atoms with Gasteiger partial charge in [0.15, 0.2) is 0 Å². The Morgan fingerprint density at radius 1 is 1.08 bits per heavy atom. The molecule has 0 atom stereocenters. The third kappa shape index (κ3) is 3.79. The molecule has 0 aliphatic carbocycles. The molecule has 3 aromatic rings. The third-order valence-electron chi connectivity index (χ3n) is 3.47. The van der Waals surface area contributed by atoms with Crippen molar-refractivity contribution in [3.63, 3.8) is 0 Å². The van der Waals surface area contributed by atoms with Gasteiger partial charge in [-0.05, 0) is 29.8 Å². The van der Waals surface area contributed by atoms with Crippen molar-refractivity contribution < 1.29 is 23.1 Å². The molecule has 8 heteroatoms. The highest BCUT2D eigenvalue weighted by Gasteiger charge is 2.18. The quantitative estimate of drug-likeness (QED) is 0.743. The zero-order chi connectivity index (χ0) is 17.8. The van der Waals surface area contributed by atoms with E-state index in [1.54, 1.807) is 54.6 Å². The summed E-state index contributed by atoms with van der Waals surface area (Å²) in [6, 6.07) is 15.3. The van der Waals surface area contributed by atoms with Crippen molar-refractivity contribution in [2.45, 2.75) is 13.0 Å². The molecule has 128 valence electrons. The number of carboxylic acid groups (broad SMARTS) is 1. The van der Waals surface area contributed by atoms with E-state index in [9.17, 15) is 18.7 Å². The smallest absolute Gasteiger partial charge is 0.412 e. The van der Waals surface area contributed by atoms with Crippen LogP contribution in [-0.4, -0.2) is 21.4 Å². The minimum absolute atomic E-state index is 0.0139. The lowest BCUT2D eigenvalue weighted by Gasteiger charge is -2.19. The zero-order valence-electron chi connectivity index (χ0n) is 12.8. The standard InChI is InChI=1S/C17H13F2N3O3/c18-14(19)16-21-20-15(25-16)12-8-6-11(7-9-12)10-22(17(23)24)13-4-2-1-3-5-13/h1-9,14H,10H2,(H,23,24). The number of carbonyl (C=O) groups is 1. The van der Waals surface area contributed by atoms with Gasteiger partial charge in [-0.2, -0.15) is 8.78 Å². The minimum atomic E-state index is -2.82. The topological polar surface area (TPSA) is 79.5 Å². The molecular weight excluding hydrogens is 332 g/mol. The normalized spacial score (nSPS) is 10.8. The first-order valence-corrected chi connectivity index (χ1v) is 7.31. The number of nitrogens with zero attached hydrogens (tertiary/aromatic N) is 3. The Labute approximate surface area is 141 Å². The fourth-order valence-electron chi connectivity index (χ4n) is 2.25. The van der Waals surface area contributed by atoms with E-state index in [0.717, 1.165) is 5.56 Å². The lowest BCUT2D eigenvalue weighted by atomic mass is 10.1. The van der Waals surface area contributed by atoms with Crippen LogP contribution in [0.15, 0.2) is 59.0 Å². The van der Waals surface area contributed by atoms with Crippen LogP contribution >= 0.6 is 0 Å². The SMILES string of the molecule is O=C(O)N(Cc1ccc(-c2nnc(C(F)F)o2)cc1)c1ccccc1. The Morgan fingerprint density at radius 2 is 1.76 bits per heavy atom. The molecule has 2 aromatic carbocycles. The Kier molecular flexibility index (Phi) is 4.69. The molecule has 0 bridgehead atoms. The molecule has 0 aliphatic heterocycles. The van der Waals surface area contributed by atoms with E-state index >= 15 is 0 Å². The highest BCUT2D eigenvalue weighted by Crippen LogP contribution is 2.24. The Balaban J connectivity index is 1.78. The van der Waals surface area contributed by atoms with Gasteiger partial charge in [-0.1, -0.05) is 30.3 Å². The molecule has 0 fully saturated rings. The average Bonchev–Trinajstić information content (AvgIpc) is 3.11. The van der Waals surface area contributed by atoms with Crippen LogP contribution in [0.3, 0.4) is 0 Å². The van der Waals surface area contributed by atoms with Gasteiger partial charge in [-0.25, -0.2) is 4.79 Å². The molecule has 1 heterocycles. The first kappa shape index (κ1) is 16.6. The van der Waals surface area contributed by atoms with Crippen molar-refractivity contribution in [2.24, 2.45) is 0 Å². The fourth-order valence-corrected chi connectivity index (χ4v) is 2.25. The predicted molar refractivity (Wildman–Crippen MR) is 85.3 cm³/mol. The number of benzene rings is 2. The number of anilines is 1. The molecule has 3 rings (SSSR count). The van der Waals surface area contributed by atoms with Crippen molar-refractivity contribution >= 4 is 11.8 Å². The van der Waals surface area contributed by atoms with E-state index in [1.165, 1.54) is 4.90 Å². The maximum Gasteiger partial charge on any atom is 0.412 e. The highest BCUT2D eigenvalue weighted by molar-refractivity contribution is 5.85. The fraction of sp³-hybridized carbons (Fsp3) is 0.118. The molecule has 6 nitrogen and oxygen atoms in total. The van der Waals surface area contributed by atoms with Gasteiger partial charge in [0.1, 0.15) is 0 Å². The molecule has 1 N–H and O–H groups in total. The molecule has 1 amide bonds. The molecule has 0 spiro atoms. The average molecular weight is 345 g/mol. The number of para-hydroxylation sites is 1. The van der Waals surface area contributed by atoms with Crippen LogP contribution in [0, 0.1) is 0 Å². The van der Waals surface area contributed by atoms with E-state index in [2.05, 4.69) is 10.2 Å². The number of rotatable bonds is 5. The first-order chi connectivity index (χ1) is 12.0. The molecule has 25 heavy (non-hydrogen) atoms. The molecule has 0 aliphatic rings. The van der Waals surface area contributed by atoms with Gasteiger partial charge in [0, 0.05) is 11.3 Å². The summed E-state index contributed by atoms with van der Waals surface area (Å²) >= 11 is 0. The molecule has 0 saturated carbocycles. The van der Waals surface area contributed by atoms with Crippen molar-refractivity contribution in [3.05, 3.63) is 66.1 Å². The number of hydrogen-bond donors (Lipinski definition) is 1. The lowest BCUT2D eigenvalue weighted by molar-refractivity contribution is 0.116. The van der Waals surface area contributed by atoms with E-state index in [-0.39, 0.29) is 12.4 Å². The van der Waals surface area contributed by atoms with Crippen LogP contribution in [-0.2, 0) is 6.54 Å². The van der Waals surface area contributed by atoms with Crippen LogP contribution in [0.1, 0.15) is 17.9 Å². The van der Waals surface area contributed by atoms with Crippen LogP contribution in [0.5, 0.6) is 0 Å². The van der Waals surface area contributed by atoms with Crippen molar-refractivity contribution in [1.29, 1.82) is 0 Å². The predicted octanol–water partition coefficient (Wildman–Crippen LogP) is 4.36. The summed E-state index contributed by atoms with van der Waals surface area (Å²) in [6.07, 6.45) is -3.90. The summed E-state index contributed by atoms with van der Waals surface area (Å²) in [6.45, 7) is 0.145. The summed E-state index contributed by atoms with van der Waals surface area (Å²) in [5.41, 5.74) is 1.76. The number of alkyl halides is 2. The van der Waals surface area contributed by atoms with Crippen molar-refractivity contribution in [3.8, 4) is 11.5 Å². The second kappa shape index (κ2) is 7.08. The lowest BCUT2D eigenvalue weighted by Crippen LogP contribution is -2.28. The third-order valence-corrected chi connectivity index (χ3v) is 3.47. The van der Waals surface area contributed by atoms with Crippen LogP contribution in [0.25, 0.3) is 11.5 Å². The number of hydrogen-bond acceptors (Lipinski definition) is 4. The van der Waals surface area contributed by atoms with Gasteiger partial charge < -0.3 is 9.52 Å². The largest absolute Gasteiger partial charge is 0.465 e. The Hall–Kier alpha value is -3.29. The van der Waals surface area contributed by atoms with Crippen LogP contribution in [0.4, 0.5) is 19.3 Å². The van der Waals surface area contributed by atoms with Crippen LogP contribution < -0.4 is 4.90 Å². The molecule has 0 unspecified atom stereocenters. The summed E-state index contributed by atoms with van der Waals surface area (Å²) in [7, 11) is 0. The Bertz CT molecular complexity index is 851. The summed E-state index contributed by atoms with van der Waals surface area (Å²) in [5.74, 6) is -0.750. The van der Waals surface area contributed by atoms with Gasteiger partial charge in [0.2, 0.25) is 5.89 Å². The maximum atomic E-state index is 12.5. The van der Waals surface area contributed by atoms with Crippen LogP contribution in [0.2, 0.25) is 0 Å². The second-order valence-electron chi connectivity index (χ2n) is 5.15. The molecule has 0 saturated heterocycles. The van der Waals surface area contributed by atoms with Gasteiger partial charge in [-0.15, -0.1) is 10.2 Å². The number of amides is 1. The molecule has 0 radical (unpaired) electrons. The van der Waals surface area contributed by atoms with Gasteiger partial charge in [-0.3, -0.25) is 4.90 Å². The van der Waals surface area contributed by atoms with Crippen molar-refractivity contribution in [2.75, 3.05) is 4.90 Å². The minimum Gasteiger partial charge on any atom is -0.465 e. The number of halogens is 2. The van der Waals surface area contributed by atoms with E-state index in [4.69, 9.17) is 4.42 Å². The zero-order valence-corrected chi connectivity index (χ0v) is 12.8. The number of aromatic nitrogens is 2. The van der Waals surface area contributed by atoms with E-state index < -0.39 is 18.4 Å². The van der Waals surface area contributed by atoms with Gasteiger partial charge in [0.25, 0.3) is 5.89 Å². The monoisotopic (exact) mass is 345 g/mol. The molecular formula is C17H13F2N3O3. The van der Waals surface area contributed by atoms with Gasteiger partial charge >= 0.3 is 12.5 Å².